The summed E-state index contributed by atoms with van der Waals surface area (Å²) >= 11 is 0. The molecule has 1 amide bonds. The third kappa shape index (κ3) is 3.21. The fraction of sp³-hybridized carbons (Fsp3) is 0.500. The number of carbonyl (C=O) groups is 2. The van der Waals surface area contributed by atoms with Gasteiger partial charge in [0.15, 0.2) is 11.5 Å². The summed E-state index contributed by atoms with van der Waals surface area (Å²) in [7, 11) is 0. The van der Waals surface area contributed by atoms with E-state index in [1.807, 2.05) is 31.2 Å². The van der Waals surface area contributed by atoms with E-state index in [9.17, 15) is 14.7 Å². The van der Waals surface area contributed by atoms with Crippen LogP contribution in [0.1, 0.15) is 43.9 Å². The van der Waals surface area contributed by atoms with E-state index in [0.29, 0.717) is 13.2 Å². The van der Waals surface area contributed by atoms with Crippen molar-refractivity contribution in [3.05, 3.63) is 46.7 Å². The molecule has 5 heteroatoms. The fourth-order valence-corrected chi connectivity index (χ4v) is 3.63. The first-order valence-electron chi connectivity index (χ1n) is 8.87. The summed E-state index contributed by atoms with van der Waals surface area (Å²) in [4.78, 5) is 27.1. The Hall–Kier alpha value is -2.14. The number of aliphatic hydroxyl groups is 1. The monoisotopic (exact) mass is 343 g/mol. The Balaban J connectivity index is 2.04. The zero-order valence-electron chi connectivity index (χ0n) is 15.0. The molecule has 1 N–H and O–H groups in total. The van der Waals surface area contributed by atoms with Crippen molar-refractivity contribution < 1.29 is 19.4 Å². The molecular weight excluding hydrogens is 318 g/mol. The van der Waals surface area contributed by atoms with Crippen molar-refractivity contribution in [3.63, 3.8) is 0 Å². The first-order chi connectivity index (χ1) is 11.9. The van der Waals surface area contributed by atoms with Crippen LogP contribution in [0.25, 0.3) is 0 Å². The minimum Gasteiger partial charge on any atom is -0.503 e. The number of rotatable bonds is 5. The number of Topliss-reactive ketones (excluding diaryl/α,β-unsaturated/α-hetero) is 1. The average Bonchev–Trinajstić information content (AvgIpc) is 3.17. The highest BCUT2D eigenvalue weighted by Crippen LogP contribution is 2.40. The lowest BCUT2D eigenvalue weighted by Gasteiger charge is -2.30. The number of hydrogen-bond acceptors (Lipinski definition) is 4. The van der Waals surface area contributed by atoms with E-state index in [-0.39, 0.29) is 23.4 Å². The van der Waals surface area contributed by atoms with E-state index in [0.717, 1.165) is 24.0 Å². The largest absolute Gasteiger partial charge is 0.503 e. The van der Waals surface area contributed by atoms with Gasteiger partial charge in [-0.2, -0.15) is 0 Å². The molecule has 2 aliphatic rings. The lowest BCUT2D eigenvalue weighted by atomic mass is 9.89. The maximum absolute atomic E-state index is 12.8. The summed E-state index contributed by atoms with van der Waals surface area (Å²) in [6.45, 7) is 6.60. The van der Waals surface area contributed by atoms with Crippen LogP contribution in [0.15, 0.2) is 35.6 Å². The summed E-state index contributed by atoms with van der Waals surface area (Å²) < 4.78 is 5.68. The molecule has 3 rings (SSSR count). The van der Waals surface area contributed by atoms with Crippen molar-refractivity contribution in [2.45, 2.75) is 45.8 Å². The van der Waals surface area contributed by atoms with Crippen molar-refractivity contribution >= 4 is 11.7 Å². The first kappa shape index (κ1) is 17.7. The molecule has 2 aliphatic heterocycles. The molecular formula is C20H25NO4. The number of ether oxygens (including phenoxy) is 1. The first-order valence-corrected chi connectivity index (χ1v) is 8.87. The third-order valence-electron chi connectivity index (χ3n) is 5.00. The summed E-state index contributed by atoms with van der Waals surface area (Å²) in [5.74, 6) is -1.37. The molecule has 0 spiro atoms. The Morgan fingerprint density at radius 2 is 2.08 bits per heavy atom. The molecule has 1 fully saturated rings. The molecule has 25 heavy (non-hydrogen) atoms. The van der Waals surface area contributed by atoms with E-state index >= 15 is 0 Å². The Morgan fingerprint density at radius 3 is 2.68 bits per heavy atom. The van der Waals surface area contributed by atoms with Crippen molar-refractivity contribution in [2.24, 2.45) is 5.92 Å². The van der Waals surface area contributed by atoms with Crippen LogP contribution < -0.4 is 0 Å². The third-order valence-corrected chi connectivity index (χ3v) is 5.00. The molecule has 1 saturated heterocycles. The summed E-state index contributed by atoms with van der Waals surface area (Å²) in [6, 6.07) is 7.14. The number of aliphatic hydroxyl groups excluding tert-OH is 1. The van der Waals surface area contributed by atoms with Gasteiger partial charge in [-0.3, -0.25) is 9.59 Å². The predicted octanol–water partition coefficient (Wildman–Crippen LogP) is 3.09. The number of ketones is 1. The summed E-state index contributed by atoms with van der Waals surface area (Å²) in [6.07, 6.45) is 1.81. The van der Waals surface area contributed by atoms with Gasteiger partial charge in [-0.25, -0.2) is 0 Å². The number of nitrogens with zero attached hydrogens (tertiary/aromatic N) is 1. The second-order valence-electron chi connectivity index (χ2n) is 7.13. The number of benzene rings is 1. The van der Waals surface area contributed by atoms with Gasteiger partial charge in [-0.1, -0.05) is 38.1 Å². The van der Waals surface area contributed by atoms with Crippen LogP contribution in [-0.2, 0) is 14.3 Å². The number of carbonyl (C=O) groups excluding carboxylic acids is 2. The SMILES string of the molecule is Cc1ccccc1C1C(C(=O)C(C)C)=C(O)C(=O)N1CC1CCCO1. The molecule has 1 aromatic rings. The van der Waals surface area contributed by atoms with Crippen LogP contribution in [0.3, 0.4) is 0 Å². The van der Waals surface area contributed by atoms with E-state index in [1.54, 1.807) is 18.7 Å². The van der Waals surface area contributed by atoms with Gasteiger partial charge < -0.3 is 14.7 Å². The highest BCUT2D eigenvalue weighted by molar-refractivity contribution is 6.09. The molecule has 5 nitrogen and oxygen atoms in total. The quantitative estimate of drug-likeness (QED) is 0.892. The topological polar surface area (TPSA) is 66.8 Å². The van der Waals surface area contributed by atoms with E-state index in [4.69, 9.17) is 4.74 Å². The van der Waals surface area contributed by atoms with Crippen molar-refractivity contribution in [2.75, 3.05) is 13.2 Å². The van der Waals surface area contributed by atoms with Crippen LogP contribution >= 0.6 is 0 Å². The Labute approximate surface area is 148 Å². The van der Waals surface area contributed by atoms with Crippen LogP contribution in [0.5, 0.6) is 0 Å². The molecule has 0 saturated carbocycles. The van der Waals surface area contributed by atoms with Gasteiger partial charge in [0.05, 0.1) is 17.7 Å². The molecule has 2 heterocycles. The smallest absolute Gasteiger partial charge is 0.290 e. The zero-order chi connectivity index (χ0) is 18.1. The Bertz CT molecular complexity index is 716. The Kier molecular flexibility index (Phi) is 4.95. The maximum atomic E-state index is 12.8. The van der Waals surface area contributed by atoms with E-state index in [1.165, 1.54) is 0 Å². The Morgan fingerprint density at radius 1 is 1.36 bits per heavy atom. The standard InChI is InChI=1S/C20H25NO4/c1-12(2)18(22)16-17(15-9-5-4-7-13(15)3)21(20(24)19(16)23)11-14-8-6-10-25-14/h4-5,7,9,12,14,17,23H,6,8,10-11H2,1-3H3. The molecule has 0 aromatic heterocycles. The molecule has 134 valence electrons. The number of aryl methyl sites for hydroxylation is 1. The summed E-state index contributed by atoms with van der Waals surface area (Å²) in [5, 5.41) is 10.5. The average molecular weight is 343 g/mol. The lowest BCUT2D eigenvalue weighted by molar-refractivity contribution is -0.131. The highest BCUT2D eigenvalue weighted by Gasteiger charge is 2.45. The highest BCUT2D eigenvalue weighted by atomic mass is 16.5. The second-order valence-corrected chi connectivity index (χ2v) is 7.13. The zero-order valence-corrected chi connectivity index (χ0v) is 15.0. The molecule has 0 bridgehead atoms. The number of hydrogen-bond donors (Lipinski definition) is 1. The van der Waals surface area contributed by atoms with Crippen LogP contribution in [0.4, 0.5) is 0 Å². The predicted molar refractivity (Wildman–Crippen MR) is 94.1 cm³/mol. The van der Waals surface area contributed by atoms with Crippen LogP contribution in [0, 0.1) is 12.8 Å². The van der Waals surface area contributed by atoms with Crippen molar-refractivity contribution in [1.29, 1.82) is 0 Å². The number of amides is 1. The summed E-state index contributed by atoms with van der Waals surface area (Å²) in [5.41, 5.74) is 2.08. The molecule has 0 aliphatic carbocycles. The minimum atomic E-state index is -0.548. The van der Waals surface area contributed by atoms with E-state index in [2.05, 4.69) is 0 Å². The normalized spacial score (nSPS) is 23.8. The molecule has 0 radical (unpaired) electrons. The molecule has 2 unspecified atom stereocenters. The van der Waals surface area contributed by atoms with Crippen molar-refractivity contribution in [3.8, 4) is 0 Å². The molecule has 1 aromatic carbocycles. The van der Waals surface area contributed by atoms with Gasteiger partial charge in [0.1, 0.15) is 0 Å². The van der Waals surface area contributed by atoms with Gasteiger partial charge in [0.2, 0.25) is 0 Å². The van der Waals surface area contributed by atoms with Crippen LogP contribution in [-0.4, -0.2) is 41.0 Å². The van der Waals surface area contributed by atoms with Gasteiger partial charge in [0, 0.05) is 19.1 Å². The van der Waals surface area contributed by atoms with Gasteiger partial charge in [-0.15, -0.1) is 0 Å². The van der Waals surface area contributed by atoms with Gasteiger partial charge >= 0.3 is 0 Å². The van der Waals surface area contributed by atoms with Gasteiger partial charge in [0.25, 0.3) is 5.91 Å². The second kappa shape index (κ2) is 7.00. The molecule has 2 atom stereocenters. The van der Waals surface area contributed by atoms with Gasteiger partial charge in [-0.05, 0) is 30.9 Å². The van der Waals surface area contributed by atoms with Crippen molar-refractivity contribution in [1.82, 2.24) is 4.90 Å². The lowest BCUT2D eigenvalue weighted by Crippen LogP contribution is -2.37. The fourth-order valence-electron chi connectivity index (χ4n) is 3.63. The minimum absolute atomic E-state index is 0.0447. The van der Waals surface area contributed by atoms with Crippen LogP contribution in [0.2, 0.25) is 0 Å². The maximum Gasteiger partial charge on any atom is 0.290 e. The van der Waals surface area contributed by atoms with E-state index < -0.39 is 17.7 Å².